The topological polar surface area (TPSA) is 165 Å². The van der Waals surface area contributed by atoms with Gasteiger partial charge in [-0.3, -0.25) is 14.7 Å². The predicted octanol–water partition coefficient (Wildman–Crippen LogP) is 4.86. The first-order valence-corrected chi connectivity index (χ1v) is 21.1. The third kappa shape index (κ3) is 9.08. The molecule has 1 fully saturated rings. The van der Waals surface area contributed by atoms with Crippen LogP contribution in [0.1, 0.15) is 125 Å². The lowest BCUT2D eigenvalue weighted by atomic mass is 9.73. The standard InChI is InChI=1S/C47H58N4O6/c1-3-5-6-10-36(42(55)26-34(52)9-4-2)41(54)16-11-30-12-18-43-44(23-30)57-46-38(47(21-22-56-43)19-7-8-20-47)15-17-40(53)35-14-13-31(45(48)49)24-32(35)25-33-27-50-39-29-51(46)28-37(33)39/h12-14,18,23-24,27-28,34,36,38,40,42,45-46,52-53,55H,3-11,16,19-20,25-26,29,48-49H2,1-2H3/p+1. The van der Waals surface area contributed by atoms with E-state index in [2.05, 4.69) is 37.0 Å². The number of rotatable bonds is 14. The van der Waals surface area contributed by atoms with E-state index in [1.807, 2.05) is 49.5 Å². The fourth-order valence-corrected chi connectivity index (χ4v) is 9.37. The molecule has 8 N–H and O–H groups in total. The summed E-state index contributed by atoms with van der Waals surface area (Å²) >= 11 is 0. The Morgan fingerprint density at radius 2 is 1.86 bits per heavy atom. The second-order valence-corrected chi connectivity index (χ2v) is 16.7. The van der Waals surface area contributed by atoms with Crippen molar-refractivity contribution in [3.8, 4) is 35.4 Å². The number of benzene rings is 2. The molecule has 1 saturated carbocycles. The highest BCUT2D eigenvalue weighted by Crippen LogP contribution is 2.47. The van der Waals surface area contributed by atoms with E-state index in [0.717, 1.165) is 89.8 Å². The van der Waals surface area contributed by atoms with E-state index >= 15 is 0 Å². The van der Waals surface area contributed by atoms with Crippen molar-refractivity contribution in [1.29, 1.82) is 0 Å². The van der Waals surface area contributed by atoms with Gasteiger partial charge >= 0.3 is 0 Å². The number of carbonyl (C=O) groups excluding carboxylic acids is 1. The Balaban J connectivity index is 1.21. The van der Waals surface area contributed by atoms with Crippen LogP contribution >= 0.6 is 0 Å². The van der Waals surface area contributed by atoms with E-state index in [-0.39, 0.29) is 18.6 Å². The molecular weight excluding hydrogens is 717 g/mol. The maximum Gasteiger partial charge on any atom is 0.252 e. The minimum absolute atomic E-state index is 0.0123. The van der Waals surface area contributed by atoms with E-state index in [9.17, 15) is 20.1 Å². The number of ether oxygens (including phenoxy) is 2. The summed E-state index contributed by atoms with van der Waals surface area (Å²) in [6, 6.07) is 11.5. The average Bonchev–Trinajstić information content (AvgIpc) is 3.94. The number of ketones is 1. The number of quaternary nitrogens is 1. The number of carbonyl (C=O) groups is 1. The normalized spacial score (nSPS) is 24.3. The van der Waals surface area contributed by atoms with Crippen LogP contribution in [-0.2, 0) is 17.6 Å². The molecule has 4 aliphatic heterocycles. The number of nitrogens with two attached hydrogens (primary N) is 2. The summed E-state index contributed by atoms with van der Waals surface area (Å²) in [5.41, 5.74) is 18.0. The van der Waals surface area contributed by atoms with E-state index < -0.39 is 48.0 Å². The molecule has 2 aromatic carbocycles. The van der Waals surface area contributed by atoms with Crippen molar-refractivity contribution in [2.75, 3.05) is 6.54 Å². The van der Waals surface area contributed by atoms with E-state index in [1.165, 1.54) is 0 Å². The molecular formula is C47H59N4O6+. The van der Waals surface area contributed by atoms with Crippen molar-refractivity contribution in [1.82, 2.24) is 0 Å². The molecule has 7 atom stereocenters. The Morgan fingerprint density at radius 1 is 1.04 bits per heavy atom. The van der Waals surface area contributed by atoms with Gasteiger partial charge in [0.1, 0.15) is 42.4 Å². The Bertz CT molecular complexity index is 2030. The first kappa shape index (κ1) is 40.9. The minimum Gasteiger partial charge on any atom is -0.437 e. The van der Waals surface area contributed by atoms with Gasteiger partial charge in [0.05, 0.1) is 29.4 Å². The molecule has 0 aromatic heterocycles. The lowest BCUT2D eigenvalue weighted by molar-refractivity contribution is -0.888. The summed E-state index contributed by atoms with van der Waals surface area (Å²) in [6.45, 7) is 4.73. The smallest absolute Gasteiger partial charge is 0.252 e. The molecule has 4 heterocycles. The number of hydrogen-bond donors (Lipinski definition) is 6. The lowest BCUT2D eigenvalue weighted by Crippen LogP contribution is -3.13. The van der Waals surface area contributed by atoms with Crippen molar-refractivity contribution in [2.24, 2.45) is 33.7 Å². The average molecular weight is 776 g/mol. The minimum atomic E-state index is -1.06. The molecule has 2 aromatic rings. The molecule has 5 aliphatic rings. The highest BCUT2D eigenvalue weighted by molar-refractivity contribution is 6.08. The van der Waals surface area contributed by atoms with Crippen LogP contribution in [0.25, 0.3) is 0 Å². The lowest BCUT2D eigenvalue weighted by Gasteiger charge is -2.36. The fraction of sp³-hybridized carbons (Fsp3) is 0.532. The summed E-state index contributed by atoms with van der Waals surface area (Å²) in [5.74, 6) is 10.4. The van der Waals surface area contributed by atoms with Crippen LogP contribution in [0.2, 0.25) is 0 Å². The maximum atomic E-state index is 13.8. The summed E-state index contributed by atoms with van der Waals surface area (Å²) < 4.78 is 13.3. The second kappa shape index (κ2) is 18.1. The number of nitrogens with one attached hydrogen (secondary N) is 1. The maximum absolute atomic E-state index is 13.8. The van der Waals surface area contributed by atoms with Crippen molar-refractivity contribution >= 4 is 11.5 Å². The van der Waals surface area contributed by atoms with Gasteiger partial charge in [-0.05, 0) is 78.5 Å². The number of allylic oxidation sites excluding steroid dienone is 1. The van der Waals surface area contributed by atoms with Crippen LogP contribution in [0.4, 0.5) is 0 Å². The third-order valence-electron chi connectivity index (χ3n) is 12.6. The highest BCUT2D eigenvalue weighted by atomic mass is 16.5. The quantitative estimate of drug-likeness (QED) is 0.0900. The Hall–Kier alpha value is -4.26. The van der Waals surface area contributed by atoms with Gasteiger partial charge in [-0.15, -0.1) is 0 Å². The zero-order chi connectivity index (χ0) is 40.1. The third-order valence-corrected chi connectivity index (χ3v) is 12.6. The number of aliphatic hydroxyl groups excluding tert-OH is 3. The predicted molar refractivity (Wildman–Crippen MR) is 220 cm³/mol. The van der Waals surface area contributed by atoms with Crippen LogP contribution in [0.15, 0.2) is 64.9 Å². The van der Waals surface area contributed by atoms with Gasteiger partial charge < -0.3 is 36.3 Å². The summed E-state index contributed by atoms with van der Waals surface area (Å²) in [5, 5.41) is 33.3. The first-order chi connectivity index (χ1) is 27.6. The van der Waals surface area contributed by atoms with Crippen LogP contribution in [-0.4, -0.2) is 51.8 Å². The van der Waals surface area contributed by atoms with Crippen LogP contribution in [0.5, 0.6) is 11.5 Å². The number of Topliss-reactive ketones (excluding diaryl/α,β-unsaturated/α-hetero) is 1. The summed E-state index contributed by atoms with van der Waals surface area (Å²) in [6.07, 6.45) is 13.5. The zero-order valence-electron chi connectivity index (χ0n) is 33.4. The molecule has 0 saturated heterocycles. The number of fused-ring (bicyclic) bond motifs is 6. The van der Waals surface area contributed by atoms with Crippen molar-refractivity contribution in [2.45, 2.75) is 134 Å². The number of aliphatic imine (C=N–C) groups is 1. The molecule has 2 bridgehead atoms. The molecule has 1 spiro atoms. The van der Waals surface area contributed by atoms with Crippen LogP contribution in [0.3, 0.4) is 0 Å². The molecule has 7 unspecified atom stereocenters. The number of unbranched alkanes of at least 4 members (excludes halogenated alkanes) is 2. The monoisotopic (exact) mass is 775 g/mol. The number of hydrogen-bond acceptors (Lipinski definition) is 9. The first-order valence-electron chi connectivity index (χ1n) is 21.1. The SMILES string of the molecule is CCCCCC(C(=O)CCc1ccc2c(c1)OC1C(C#CC(O)c3ccc(C(N)N)cc3CC3=CN=C4C[NH+]1C=C34)C1(C#CO2)CCCC1)C(O)CC(O)CCC. The zero-order valence-corrected chi connectivity index (χ0v) is 33.4. The fourth-order valence-electron chi connectivity index (χ4n) is 9.37. The largest absolute Gasteiger partial charge is 0.437 e. The Morgan fingerprint density at radius 3 is 2.63 bits per heavy atom. The van der Waals surface area contributed by atoms with Crippen LogP contribution < -0.4 is 25.8 Å². The molecule has 302 valence electrons. The molecule has 10 nitrogen and oxygen atoms in total. The number of aliphatic hydroxyl groups is 3. The molecule has 10 heteroatoms. The molecule has 1 aliphatic carbocycles. The van der Waals surface area contributed by atoms with Gasteiger partial charge in [-0.2, -0.15) is 0 Å². The Labute approximate surface area is 337 Å². The molecule has 0 amide bonds. The van der Waals surface area contributed by atoms with Gasteiger partial charge in [0.15, 0.2) is 11.5 Å². The van der Waals surface area contributed by atoms with E-state index in [1.54, 1.807) is 0 Å². The van der Waals surface area contributed by atoms with Crippen LogP contribution in [0, 0.1) is 41.1 Å². The number of aryl methyl sites for hydroxylation is 1. The van der Waals surface area contributed by atoms with Crippen molar-refractivity contribution in [3.05, 3.63) is 82.2 Å². The molecule has 7 rings (SSSR count). The molecule has 0 radical (unpaired) electrons. The Kier molecular flexibility index (Phi) is 13.0. The van der Waals surface area contributed by atoms with Gasteiger partial charge in [0.25, 0.3) is 6.23 Å². The number of nitrogens with zero attached hydrogens (tertiary/aromatic N) is 1. The van der Waals surface area contributed by atoms with Gasteiger partial charge in [-0.25, -0.2) is 0 Å². The van der Waals surface area contributed by atoms with Gasteiger partial charge in [0, 0.05) is 25.0 Å². The molecule has 57 heavy (non-hydrogen) atoms. The van der Waals surface area contributed by atoms with Gasteiger partial charge in [-0.1, -0.05) is 94.4 Å². The van der Waals surface area contributed by atoms with Gasteiger partial charge in [0.2, 0.25) is 0 Å². The highest BCUT2D eigenvalue weighted by Gasteiger charge is 2.51. The second-order valence-electron chi connectivity index (χ2n) is 16.7. The van der Waals surface area contributed by atoms with Crippen molar-refractivity contribution < 1.29 is 34.5 Å². The van der Waals surface area contributed by atoms with Crippen molar-refractivity contribution in [3.63, 3.8) is 0 Å². The van der Waals surface area contributed by atoms with E-state index in [4.69, 9.17) is 25.9 Å². The summed E-state index contributed by atoms with van der Waals surface area (Å²) in [4.78, 5) is 19.7. The summed E-state index contributed by atoms with van der Waals surface area (Å²) in [7, 11) is 0. The van der Waals surface area contributed by atoms with E-state index in [0.29, 0.717) is 49.3 Å².